The van der Waals surface area contributed by atoms with Crippen LogP contribution in [0.2, 0.25) is 5.28 Å². The molecular formula is C12H15ClN4OS. The average Bonchev–Trinajstić information content (AvgIpc) is 2.71. The summed E-state index contributed by atoms with van der Waals surface area (Å²) in [6.45, 7) is 5.47. The first-order valence-corrected chi connectivity index (χ1v) is 7.07. The van der Waals surface area contributed by atoms with Crippen molar-refractivity contribution in [2.75, 3.05) is 5.32 Å². The lowest BCUT2D eigenvalue weighted by atomic mass is 10.1. The summed E-state index contributed by atoms with van der Waals surface area (Å²) in [4.78, 5) is 21.7. The van der Waals surface area contributed by atoms with Gasteiger partial charge in [-0.25, -0.2) is 9.97 Å². The Morgan fingerprint density at radius 3 is 2.79 bits per heavy atom. The molecule has 0 saturated heterocycles. The minimum atomic E-state index is -0.904. The first-order valence-electron chi connectivity index (χ1n) is 5.87. The van der Waals surface area contributed by atoms with E-state index in [1.165, 1.54) is 4.88 Å². The van der Waals surface area contributed by atoms with Crippen LogP contribution < -0.4 is 11.1 Å². The van der Waals surface area contributed by atoms with E-state index in [0.717, 1.165) is 16.6 Å². The molecule has 102 valence electrons. The Labute approximate surface area is 120 Å². The second-order valence-electron chi connectivity index (χ2n) is 4.74. The number of nitrogens with zero attached hydrogens (tertiary/aromatic N) is 2. The average molecular weight is 299 g/mol. The molecule has 0 spiro atoms. The van der Waals surface area contributed by atoms with Gasteiger partial charge in [0.15, 0.2) is 0 Å². The minimum Gasteiger partial charge on any atom is -0.368 e. The van der Waals surface area contributed by atoms with Crippen LogP contribution >= 0.6 is 22.9 Å². The van der Waals surface area contributed by atoms with Crippen molar-refractivity contribution in [2.45, 2.75) is 32.7 Å². The predicted octanol–water partition coefficient (Wildman–Crippen LogP) is 2.58. The zero-order valence-corrected chi connectivity index (χ0v) is 12.5. The van der Waals surface area contributed by atoms with Gasteiger partial charge >= 0.3 is 0 Å². The molecule has 0 aliphatic carbocycles. The van der Waals surface area contributed by atoms with E-state index in [2.05, 4.69) is 22.2 Å². The van der Waals surface area contributed by atoms with Gasteiger partial charge in [0.1, 0.15) is 16.2 Å². The number of anilines is 1. The van der Waals surface area contributed by atoms with Crippen molar-refractivity contribution < 1.29 is 4.79 Å². The molecule has 5 nitrogen and oxygen atoms in total. The molecule has 2 aromatic heterocycles. The molecule has 0 aliphatic heterocycles. The smallest absolute Gasteiger partial charge is 0.242 e. The molecule has 0 fully saturated rings. The number of aryl methyl sites for hydroxylation is 1. The summed E-state index contributed by atoms with van der Waals surface area (Å²) in [5, 5.41) is 4.05. The molecule has 0 bridgehead atoms. The maximum absolute atomic E-state index is 11.4. The van der Waals surface area contributed by atoms with Crippen molar-refractivity contribution in [2.24, 2.45) is 5.73 Å². The standard InChI is InChI=1S/C12H15ClN4OS/c1-4-6-5-7-8(17-12(2,3)10(14)18)15-11(13)16-9(7)19-6/h5H,4H2,1-3H3,(H2,14,18)(H,15,16,17). The van der Waals surface area contributed by atoms with Crippen LogP contribution in [0.25, 0.3) is 10.2 Å². The van der Waals surface area contributed by atoms with Crippen LogP contribution in [0, 0.1) is 0 Å². The van der Waals surface area contributed by atoms with Gasteiger partial charge < -0.3 is 11.1 Å². The zero-order chi connectivity index (χ0) is 14.2. The molecule has 3 N–H and O–H groups in total. The second kappa shape index (κ2) is 4.94. The number of carbonyl (C=O) groups is 1. The van der Waals surface area contributed by atoms with E-state index in [1.807, 2.05) is 6.07 Å². The van der Waals surface area contributed by atoms with Crippen LogP contribution in [-0.4, -0.2) is 21.4 Å². The van der Waals surface area contributed by atoms with E-state index < -0.39 is 11.4 Å². The van der Waals surface area contributed by atoms with Gasteiger partial charge in [0.05, 0.1) is 5.39 Å². The van der Waals surface area contributed by atoms with Crippen LogP contribution in [-0.2, 0) is 11.2 Å². The van der Waals surface area contributed by atoms with Crippen molar-refractivity contribution in [1.29, 1.82) is 0 Å². The highest BCUT2D eigenvalue weighted by atomic mass is 35.5. The summed E-state index contributed by atoms with van der Waals surface area (Å²) in [5.74, 6) is 0.0797. The first-order chi connectivity index (χ1) is 8.83. The van der Waals surface area contributed by atoms with Crippen LogP contribution in [0.5, 0.6) is 0 Å². The second-order valence-corrected chi connectivity index (χ2v) is 6.19. The molecule has 0 radical (unpaired) electrons. The lowest BCUT2D eigenvalue weighted by Crippen LogP contribution is -2.45. The lowest BCUT2D eigenvalue weighted by Gasteiger charge is -2.23. The van der Waals surface area contributed by atoms with Crippen molar-refractivity contribution in [1.82, 2.24) is 9.97 Å². The SMILES string of the molecule is CCc1cc2c(NC(C)(C)C(N)=O)nc(Cl)nc2s1. The van der Waals surface area contributed by atoms with Gasteiger partial charge in [0.2, 0.25) is 11.2 Å². The van der Waals surface area contributed by atoms with E-state index in [4.69, 9.17) is 17.3 Å². The maximum Gasteiger partial charge on any atom is 0.242 e. The van der Waals surface area contributed by atoms with Crippen molar-refractivity contribution in [3.8, 4) is 0 Å². The highest BCUT2D eigenvalue weighted by Gasteiger charge is 2.26. The Hall–Kier alpha value is -1.40. The number of primary amides is 1. The first kappa shape index (κ1) is 14.0. The predicted molar refractivity (Wildman–Crippen MR) is 78.7 cm³/mol. The lowest BCUT2D eigenvalue weighted by molar-refractivity contribution is -0.121. The highest BCUT2D eigenvalue weighted by molar-refractivity contribution is 7.18. The zero-order valence-electron chi connectivity index (χ0n) is 11.0. The van der Waals surface area contributed by atoms with Gasteiger partial charge in [-0.1, -0.05) is 6.92 Å². The number of nitrogens with two attached hydrogens (primary N) is 1. The summed E-state index contributed by atoms with van der Waals surface area (Å²) in [6.07, 6.45) is 0.914. The van der Waals surface area contributed by atoms with Gasteiger partial charge in [0, 0.05) is 4.88 Å². The summed E-state index contributed by atoms with van der Waals surface area (Å²) in [6, 6.07) is 2.01. The summed E-state index contributed by atoms with van der Waals surface area (Å²) in [7, 11) is 0. The third kappa shape index (κ3) is 2.79. The van der Waals surface area contributed by atoms with Crippen molar-refractivity contribution in [3.05, 3.63) is 16.2 Å². The minimum absolute atomic E-state index is 0.153. The number of halogens is 1. The van der Waals surface area contributed by atoms with E-state index in [1.54, 1.807) is 25.2 Å². The van der Waals surface area contributed by atoms with Crippen LogP contribution in [0.4, 0.5) is 5.82 Å². The number of amides is 1. The molecule has 0 unspecified atom stereocenters. The molecule has 0 aromatic carbocycles. The largest absolute Gasteiger partial charge is 0.368 e. The molecule has 19 heavy (non-hydrogen) atoms. The van der Waals surface area contributed by atoms with E-state index in [9.17, 15) is 4.79 Å². The summed E-state index contributed by atoms with van der Waals surface area (Å²) >= 11 is 7.48. The van der Waals surface area contributed by atoms with Crippen LogP contribution in [0.3, 0.4) is 0 Å². The Morgan fingerprint density at radius 2 is 2.21 bits per heavy atom. The topological polar surface area (TPSA) is 80.9 Å². The number of thiophene rings is 1. The van der Waals surface area contributed by atoms with Crippen LogP contribution in [0.15, 0.2) is 6.07 Å². The summed E-state index contributed by atoms with van der Waals surface area (Å²) in [5.41, 5.74) is 4.45. The molecular weight excluding hydrogens is 284 g/mol. The van der Waals surface area contributed by atoms with Crippen molar-refractivity contribution >= 4 is 44.9 Å². The quantitative estimate of drug-likeness (QED) is 0.850. The summed E-state index contributed by atoms with van der Waals surface area (Å²) < 4.78 is 0. The van der Waals surface area contributed by atoms with Gasteiger partial charge in [-0.15, -0.1) is 11.3 Å². The Morgan fingerprint density at radius 1 is 1.53 bits per heavy atom. The highest BCUT2D eigenvalue weighted by Crippen LogP contribution is 2.31. The maximum atomic E-state index is 11.4. The Bertz CT molecular complexity index is 638. The normalized spacial score (nSPS) is 11.8. The molecule has 2 heterocycles. The molecule has 1 amide bonds. The fraction of sp³-hybridized carbons (Fsp3) is 0.417. The third-order valence-corrected chi connectivity index (χ3v) is 4.15. The van der Waals surface area contributed by atoms with E-state index in [-0.39, 0.29) is 5.28 Å². The molecule has 2 rings (SSSR count). The Kier molecular flexibility index (Phi) is 3.64. The monoisotopic (exact) mass is 298 g/mol. The molecule has 0 atom stereocenters. The molecule has 7 heteroatoms. The molecule has 0 saturated carbocycles. The fourth-order valence-corrected chi connectivity index (χ4v) is 2.76. The molecule has 0 aliphatic rings. The fourth-order valence-electron chi connectivity index (χ4n) is 1.57. The number of fused-ring (bicyclic) bond motifs is 1. The van der Waals surface area contributed by atoms with Gasteiger partial charge in [-0.05, 0) is 37.9 Å². The van der Waals surface area contributed by atoms with Gasteiger partial charge in [-0.2, -0.15) is 0 Å². The number of carbonyl (C=O) groups excluding carboxylic acids is 1. The van der Waals surface area contributed by atoms with Crippen LogP contribution in [0.1, 0.15) is 25.6 Å². The number of hydrogen-bond acceptors (Lipinski definition) is 5. The van der Waals surface area contributed by atoms with Crippen molar-refractivity contribution in [3.63, 3.8) is 0 Å². The van der Waals surface area contributed by atoms with E-state index >= 15 is 0 Å². The van der Waals surface area contributed by atoms with Gasteiger partial charge in [0.25, 0.3) is 0 Å². The third-order valence-electron chi connectivity index (χ3n) is 2.81. The van der Waals surface area contributed by atoms with E-state index in [0.29, 0.717) is 5.82 Å². The Balaban J connectivity index is 2.53. The molecule has 2 aromatic rings. The number of hydrogen-bond donors (Lipinski definition) is 2. The van der Waals surface area contributed by atoms with Gasteiger partial charge in [-0.3, -0.25) is 4.79 Å². The number of nitrogens with one attached hydrogen (secondary N) is 1. The number of rotatable bonds is 4. The number of aromatic nitrogens is 2.